The summed E-state index contributed by atoms with van der Waals surface area (Å²) in [5.41, 5.74) is 6.32. The van der Waals surface area contributed by atoms with Gasteiger partial charge in [0.25, 0.3) is 0 Å². The lowest BCUT2D eigenvalue weighted by Crippen LogP contribution is -2.32. The van der Waals surface area contributed by atoms with Crippen LogP contribution in [-0.2, 0) is 0 Å². The highest BCUT2D eigenvalue weighted by molar-refractivity contribution is 7.11. The van der Waals surface area contributed by atoms with Crippen LogP contribution in [0.1, 0.15) is 48.4 Å². The number of aliphatic hydroxyl groups excluding tert-OH is 1. The van der Waals surface area contributed by atoms with E-state index in [0.29, 0.717) is 22.8 Å². The number of nitrogens with one attached hydrogen (secondary N) is 1. The summed E-state index contributed by atoms with van der Waals surface area (Å²) >= 11 is 1.53. The zero-order valence-corrected chi connectivity index (χ0v) is 20.4. The van der Waals surface area contributed by atoms with Crippen molar-refractivity contribution in [1.82, 2.24) is 0 Å². The number of methoxy groups -OCH3 is 1. The molecule has 0 fully saturated rings. The molecule has 0 spiro atoms. The number of fused-ring (bicyclic) bond motifs is 5. The van der Waals surface area contributed by atoms with Gasteiger partial charge in [-0.15, -0.1) is 17.9 Å². The molecule has 0 amide bonds. The van der Waals surface area contributed by atoms with E-state index in [1.54, 1.807) is 19.2 Å². The summed E-state index contributed by atoms with van der Waals surface area (Å²) in [6, 6.07) is 9.34. The summed E-state index contributed by atoms with van der Waals surface area (Å²) in [6.45, 7) is 10.1. The first-order chi connectivity index (χ1) is 16.2. The quantitative estimate of drug-likeness (QED) is 0.362. The zero-order valence-electron chi connectivity index (χ0n) is 19.6. The van der Waals surface area contributed by atoms with Crippen molar-refractivity contribution < 1.29 is 19.7 Å². The predicted octanol–water partition coefficient (Wildman–Crippen LogP) is 6.85. The minimum absolute atomic E-state index is 0.0575. The maximum absolute atomic E-state index is 10.5. The van der Waals surface area contributed by atoms with Crippen LogP contribution in [0.5, 0.6) is 17.2 Å². The van der Waals surface area contributed by atoms with Gasteiger partial charge in [-0.1, -0.05) is 18.2 Å². The third-order valence-electron chi connectivity index (χ3n) is 6.20. The van der Waals surface area contributed by atoms with Crippen molar-refractivity contribution in [2.75, 3.05) is 12.4 Å². The second kappa shape index (κ2) is 8.08. The number of phenolic OH excluding ortho intramolecular Hbond substituents is 1. The van der Waals surface area contributed by atoms with E-state index in [1.165, 1.54) is 17.4 Å². The highest BCUT2D eigenvalue weighted by atomic mass is 32.1. The van der Waals surface area contributed by atoms with Gasteiger partial charge in [0.15, 0.2) is 11.5 Å². The first kappa shape index (κ1) is 22.3. The Bertz CT molecular complexity index is 1380. The Labute approximate surface area is 203 Å². The van der Waals surface area contributed by atoms with Crippen molar-refractivity contribution in [3.8, 4) is 28.4 Å². The standard InChI is InChI=1S/C28H27NO4S/c1-6-19(30)16-11-12-34-23(16)13-22-25-17(26-21(33-22)10-9-20(31)27(26)32-5)7-8-18-24(25)15(2)14-28(3,4)29-18/h6-14,19,29-31H,1H2,2-5H3/b22-13-. The number of aromatic hydroxyl groups is 1. The minimum atomic E-state index is -0.765. The molecule has 2 aliphatic rings. The van der Waals surface area contributed by atoms with Crippen molar-refractivity contribution in [3.05, 3.63) is 76.0 Å². The van der Waals surface area contributed by atoms with Gasteiger partial charge in [-0.25, -0.2) is 0 Å². The molecular weight excluding hydrogens is 446 g/mol. The number of thiophene rings is 1. The molecule has 1 atom stereocenters. The fourth-order valence-electron chi connectivity index (χ4n) is 4.89. The largest absolute Gasteiger partial charge is 0.504 e. The van der Waals surface area contributed by atoms with Gasteiger partial charge < -0.3 is 25.0 Å². The molecule has 6 heteroatoms. The molecule has 0 aliphatic carbocycles. The number of phenols is 1. The van der Waals surface area contributed by atoms with Crippen LogP contribution in [0, 0.1) is 0 Å². The van der Waals surface area contributed by atoms with E-state index in [-0.39, 0.29) is 11.3 Å². The molecular formula is C28H27NO4S. The lowest BCUT2D eigenvalue weighted by Gasteiger charge is -2.35. The average Bonchev–Trinajstić information content (AvgIpc) is 3.25. The SMILES string of the molecule is C=CC(O)c1ccsc1/C=C1\Oc2ccc(O)c(OC)c2-c2ccc3c(c21)C(C)=CC(C)(C)N3. The molecule has 3 aromatic rings. The first-order valence-electron chi connectivity index (χ1n) is 11.1. The number of aliphatic hydroxyl groups is 1. The maximum Gasteiger partial charge on any atom is 0.172 e. The summed E-state index contributed by atoms with van der Waals surface area (Å²) in [5.74, 6) is 1.70. The molecule has 0 bridgehead atoms. The predicted molar refractivity (Wildman–Crippen MR) is 139 cm³/mol. The summed E-state index contributed by atoms with van der Waals surface area (Å²) in [7, 11) is 1.54. The molecule has 3 N–H and O–H groups in total. The van der Waals surface area contributed by atoms with Crippen LogP contribution in [0.25, 0.3) is 28.5 Å². The fraction of sp³-hybridized carbons (Fsp3) is 0.214. The van der Waals surface area contributed by atoms with Gasteiger partial charge >= 0.3 is 0 Å². The number of rotatable bonds is 4. The van der Waals surface area contributed by atoms with Gasteiger partial charge in [-0.2, -0.15) is 0 Å². The Morgan fingerprint density at radius 1 is 1.15 bits per heavy atom. The third-order valence-corrected chi connectivity index (χ3v) is 7.08. The highest BCUT2D eigenvalue weighted by Crippen LogP contribution is 2.54. The van der Waals surface area contributed by atoms with Crippen LogP contribution in [0.2, 0.25) is 0 Å². The Morgan fingerprint density at radius 2 is 1.94 bits per heavy atom. The third kappa shape index (κ3) is 3.50. The van der Waals surface area contributed by atoms with Crippen molar-refractivity contribution in [1.29, 1.82) is 0 Å². The number of hydrogen-bond acceptors (Lipinski definition) is 6. The Balaban J connectivity index is 1.82. The van der Waals surface area contributed by atoms with Gasteiger partial charge in [-0.3, -0.25) is 0 Å². The van der Waals surface area contributed by atoms with E-state index >= 15 is 0 Å². The molecule has 1 unspecified atom stereocenters. The van der Waals surface area contributed by atoms with Gasteiger partial charge in [-0.05, 0) is 62.1 Å². The summed E-state index contributed by atoms with van der Waals surface area (Å²) in [5, 5.41) is 26.5. The second-order valence-electron chi connectivity index (χ2n) is 9.11. The van der Waals surface area contributed by atoms with Crippen molar-refractivity contribution in [3.63, 3.8) is 0 Å². The number of allylic oxidation sites excluding steroid dienone is 1. The van der Waals surface area contributed by atoms with Crippen molar-refractivity contribution in [2.45, 2.75) is 32.4 Å². The van der Waals surface area contributed by atoms with Crippen LogP contribution in [-0.4, -0.2) is 22.9 Å². The molecule has 1 aromatic heterocycles. The number of benzene rings is 2. The Kier molecular flexibility index (Phi) is 5.30. The van der Waals surface area contributed by atoms with Crippen LogP contribution in [0.15, 0.2) is 54.4 Å². The highest BCUT2D eigenvalue weighted by Gasteiger charge is 2.33. The molecule has 0 radical (unpaired) electrons. The van der Waals surface area contributed by atoms with E-state index in [9.17, 15) is 10.2 Å². The van der Waals surface area contributed by atoms with Crippen LogP contribution >= 0.6 is 11.3 Å². The smallest absolute Gasteiger partial charge is 0.172 e. The molecule has 34 heavy (non-hydrogen) atoms. The molecule has 2 aliphatic heterocycles. The van der Waals surface area contributed by atoms with Crippen LogP contribution in [0.4, 0.5) is 5.69 Å². The lowest BCUT2D eigenvalue weighted by molar-refractivity contribution is 0.229. The van der Waals surface area contributed by atoms with Gasteiger partial charge in [0.2, 0.25) is 0 Å². The Morgan fingerprint density at radius 3 is 2.68 bits per heavy atom. The van der Waals surface area contributed by atoms with E-state index in [2.05, 4.69) is 44.8 Å². The minimum Gasteiger partial charge on any atom is -0.504 e. The van der Waals surface area contributed by atoms with Crippen molar-refractivity contribution in [2.24, 2.45) is 0 Å². The van der Waals surface area contributed by atoms with Crippen LogP contribution in [0.3, 0.4) is 0 Å². The average molecular weight is 474 g/mol. The zero-order chi connectivity index (χ0) is 24.2. The molecule has 5 nitrogen and oxygen atoms in total. The molecule has 0 saturated heterocycles. The maximum atomic E-state index is 10.5. The first-order valence-corrected chi connectivity index (χ1v) is 12.0. The normalized spacial score (nSPS) is 17.4. The Hall–Kier alpha value is -3.48. The van der Waals surface area contributed by atoms with Gasteiger partial charge in [0, 0.05) is 32.8 Å². The molecule has 0 saturated carbocycles. The molecule has 2 aromatic carbocycles. The number of hydrogen-bond donors (Lipinski definition) is 3. The van der Waals surface area contributed by atoms with E-state index in [4.69, 9.17) is 9.47 Å². The summed E-state index contributed by atoms with van der Waals surface area (Å²) < 4.78 is 12.1. The number of ether oxygens (including phenoxy) is 2. The molecule has 3 heterocycles. The van der Waals surface area contributed by atoms with Crippen molar-refractivity contribution >= 4 is 34.4 Å². The van der Waals surface area contributed by atoms with Gasteiger partial charge in [0.05, 0.1) is 24.3 Å². The van der Waals surface area contributed by atoms with E-state index < -0.39 is 6.10 Å². The lowest BCUT2D eigenvalue weighted by atomic mass is 9.83. The van der Waals surface area contributed by atoms with Gasteiger partial charge in [0.1, 0.15) is 11.5 Å². The molecule has 5 rings (SSSR count). The second-order valence-corrected chi connectivity index (χ2v) is 10.1. The molecule has 174 valence electrons. The van der Waals surface area contributed by atoms with E-state index in [1.807, 2.05) is 23.6 Å². The van der Waals surface area contributed by atoms with E-state index in [0.717, 1.165) is 38.4 Å². The van der Waals surface area contributed by atoms with Crippen LogP contribution < -0.4 is 14.8 Å². The number of anilines is 1. The summed E-state index contributed by atoms with van der Waals surface area (Å²) in [4.78, 5) is 0.894. The topological polar surface area (TPSA) is 71.0 Å². The fourth-order valence-corrected chi connectivity index (χ4v) is 5.75. The monoisotopic (exact) mass is 473 g/mol. The summed E-state index contributed by atoms with van der Waals surface area (Å²) in [6.07, 6.45) is 4.93.